The number of nitrogens with one attached hydrogen (secondary N) is 1. The van der Waals surface area contributed by atoms with Crippen LogP contribution >= 0.6 is 0 Å². The monoisotopic (exact) mass is 447 g/mol. The van der Waals surface area contributed by atoms with Crippen LogP contribution in [-0.2, 0) is 6.18 Å². The van der Waals surface area contributed by atoms with Crippen LogP contribution in [0.2, 0.25) is 0 Å². The number of halogens is 4. The summed E-state index contributed by atoms with van der Waals surface area (Å²) in [4.78, 5) is 26.6. The number of benzene rings is 2. The van der Waals surface area contributed by atoms with Crippen molar-refractivity contribution in [3.8, 4) is 5.69 Å². The van der Waals surface area contributed by atoms with Crippen LogP contribution in [0.3, 0.4) is 0 Å². The molecule has 0 radical (unpaired) electrons. The zero-order valence-electron chi connectivity index (χ0n) is 16.6. The SMILES string of the molecule is O=C(Nc1ccc(C(=O)N2CCCC2)cc1)c1nnn(-c2cccc(F)c2)c1C(F)(F)F. The first-order valence-electron chi connectivity index (χ1n) is 9.73. The van der Waals surface area contributed by atoms with Crippen molar-refractivity contribution in [3.63, 3.8) is 0 Å². The maximum absolute atomic E-state index is 13.7. The molecule has 1 saturated heterocycles. The number of amides is 2. The molecular formula is C21H17F4N5O2. The number of hydrogen-bond donors (Lipinski definition) is 1. The van der Waals surface area contributed by atoms with Crippen LogP contribution in [0.15, 0.2) is 48.5 Å². The van der Waals surface area contributed by atoms with Crippen LogP contribution in [0.1, 0.15) is 39.4 Å². The number of carbonyl (C=O) groups excluding carboxylic acids is 2. The molecule has 0 saturated carbocycles. The highest BCUT2D eigenvalue weighted by Crippen LogP contribution is 2.33. The fourth-order valence-electron chi connectivity index (χ4n) is 3.47. The van der Waals surface area contributed by atoms with E-state index in [9.17, 15) is 27.2 Å². The number of anilines is 1. The molecule has 1 N–H and O–H groups in total. The van der Waals surface area contributed by atoms with Gasteiger partial charge in [0.2, 0.25) is 0 Å². The van der Waals surface area contributed by atoms with Gasteiger partial charge in [0.15, 0.2) is 11.4 Å². The summed E-state index contributed by atoms with van der Waals surface area (Å²) < 4.78 is 54.9. The Balaban J connectivity index is 1.57. The zero-order chi connectivity index (χ0) is 22.9. The number of nitrogens with zero attached hydrogens (tertiary/aromatic N) is 4. The highest BCUT2D eigenvalue weighted by Gasteiger charge is 2.42. The maximum atomic E-state index is 13.7. The van der Waals surface area contributed by atoms with Crippen molar-refractivity contribution >= 4 is 17.5 Å². The Morgan fingerprint density at radius 3 is 2.31 bits per heavy atom. The summed E-state index contributed by atoms with van der Waals surface area (Å²) in [5.74, 6) is -2.04. The summed E-state index contributed by atoms with van der Waals surface area (Å²) >= 11 is 0. The fourth-order valence-corrected chi connectivity index (χ4v) is 3.47. The van der Waals surface area contributed by atoms with Crippen molar-refractivity contribution in [1.82, 2.24) is 19.9 Å². The summed E-state index contributed by atoms with van der Waals surface area (Å²) in [5.41, 5.74) is -2.02. The minimum Gasteiger partial charge on any atom is -0.339 e. The van der Waals surface area contributed by atoms with Gasteiger partial charge in [-0.2, -0.15) is 13.2 Å². The van der Waals surface area contributed by atoms with Crippen LogP contribution in [-0.4, -0.2) is 44.8 Å². The Hall–Kier alpha value is -3.76. The number of carbonyl (C=O) groups is 2. The molecule has 0 bridgehead atoms. The molecule has 32 heavy (non-hydrogen) atoms. The van der Waals surface area contributed by atoms with E-state index in [1.165, 1.54) is 36.4 Å². The van der Waals surface area contributed by atoms with Gasteiger partial charge in [0.05, 0.1) is 5.69 Å². The van der Waals surface area contributed by atoms with E-state index in [1.807, 2.05) is 0 Å². The molecule has 0 aliphatic carbocycles. The predicted molar refractivity (Wildman–Crippen MR) is 106 cm³/mol. The highest BCUT2D eigenvalue weighted by molar-refractivity contribution is 6.04. The first-order valence-corrected chi connectivity index (χ1v) is 9.73. The Kier molecular flexibility index (Phi) is 5.64. The Morgan fingerprint density at radius 1 is 1.00 bits per heavy atom. The lowest BCUT2D eigenvalue weighted by Crippen LogP contribution is -2.27. The lowest BCUT2D eigenvalue weighted by Gasteiger charge is -2.15. The lowest BCUT2D eigenvalue weighted by molar-refractivity contribution is -0.143. The van der Waals surface area contributed by atoms with Gasteiger partial charge in [0.1, 0.15) is 5.82 Å². The summed E-state index contributed by atoms with van der Waals surface area (Å²) in [6, 6.07) is 10.2. The van der Waals surface area contributed by atoms with Crippen molar-refractivity contribution < 1.29 is 27.2 Å². The molecule has 2 heterocycles. The predicted octanol–water partition coefficient (Wildman–Crippen LogP) is 3.91. The van der Waals surface area contributed by atoms with E-state index < -0.39 is 29.3 Å². The van der Waals surface area contributed by atoms with E-state index >= 15 is 0 Å². The molecule has 166 valence electrons. The van der Waals surface area contributed by atoms with E-state index in [1.54, 1.807) is 4.90 Å². The number of likely N-dealkylation sites (tertiary alicyclic amines) is 1. The van der Waals surface area contributed by atoms with E-state index in [4.69, 9.17) is 0 Å². The Labute approximate surface area is 179 Å². The summed E-state index contributed by atoms with van der Waals surface area (Å²) in [6.07, 6.45) is -3.09. The van der Waals surface area contributed by atoms with Crippen LogP contribution in [0, 0.1) is 5.82 Å². The van der Waals surface area contributed by atoms with Gasteiger partial charge in [0.25, 0.3) is 11.8 Å². The number of alkyl halides is 3. The van der Waals surface area contributed by atoms with E-state index in [-0.39, 0.29) is 17.3 Å². The third kappa shape index (κ3) is 4.32. The number of hydrogen-bond acceptors (Lipinski definition) is 4. The average molecular weight is 447 g/mol. The van der Waals surface area contributed by atoms with Crippen LogP contribution < -0.4 is 5.32 Å². The average Bonchev–Trinajstić information content (AvgIpc) is 3.44. The third-order valence-electron chi connectivity index (χ3n) is 4.99. The molecule has 7 nitrogen and oxygen atoms in total. The molecule has 4 rings (SSSR count). The largest absolute Gasteiger partial charge is 0.435 e. The summed E-state index contributed by atoms with van der Waals surface area (Å²) in [7, 11) is 0. The Morgan fingerprint density at radius 2 is 1.69 bits per heavy atom. The topological polar surface area (TPSA) is 80.1 Å². The zero-order valence-corrected chi connectivity index (χ0v) is 16.6. The molecular weight excluding hydrogens is 430 g/mol. The smallest absolute Gasteiger partial charge is 0.339 e. The highest BCUT2D eigenvalue weighted by atomic mass is 19.4. The molecule has 1 aliphatic heterocycles. The van der Waals surface area contributed by atoms with Crippen LogP contribution in [0.25, 0.3) is 5.69 Å². The molecule has 0 spiro atoms. The van der Waals surface area contributed by atoms with Gasteiger partial charge in [0, 0.05) is 24.3 Å². The molecule has 0 atom stereocenters. The Bertz CT molecular complexity index is 1150. The van der Waals surface area contributed by atoms with Gasteiger partial charge in [-0.05, 0) is 55.3 Å². The van der Waals surface area contributed by atoms with Gasteiger partial charge in [-0.1, -0.05) is 11.3 Å². The van der Waals surface area contributed by atoms with Crippen LogP contribution in [0.4, 0.5) is 23.2 Å². The van der Waals surface area contributed by atoms with Crippen molar-refractivity contribution in [2.45, 2.75) is 19.0 Å². The number of rotatable bonds is 4. The number of aromatic nitrogens is 3. The molecule has 1 aromatic heterocycles. The minimum absolute atomic E-state index is 0.141. The molecule has 0 unspecified atom stereocenters. The van der Waals surface area contributed by atoms with Gasteiger partial charge >= 0.3 is 6.18 Å². The minimum atomic E-state index is -4.98. The van der Waals surface area contributed by atoms with Gasteiger partial charge in [-0.3, -0.25) is 9.59 Å². The van der Waals surface area contributed by atoms with Gasteiger partial charge in [-0.25, -0.2) is 9.07 Å². The second kappa shape index (κ2) is 8.40. The molecule has 1 fully saturated rings. The second-order valence-corrected chi connectivity index (χ2v) is 7.21. The normalized spacial score (nSPS) is 13.9. The van der Waals surface area contributed by atoms with E-state index in [0.29, 0.717) is 23.3 Å². The van der Waals surface area contributed by atoms with Crippen molar-refractivity contribution in [2.24, 2.45) is 0 Å². The van der Waals surface area contributed by atoms with Crippen molar-refractivity contribution in [1.29, 1.82) is 0 Å². The maximum Gasteiger partial charge on any atom is 0.435 e. The van der Waals surface area contributed by atoms with Gasteiger partial charge < -0.3 is 10.2 Å². The molecule has 2 aromatic carbocycles. The molecule has 2 amide bonds. The summed E-state index contributed by atoms with van der Waals surface area (Å²) in [6.45, 7) is 1.36. The fraction of sp³-hybridized carbons (Fsp3) is 0.238. The standard InChI is InChI=1S/C21H17F4N5O2/c22-14-4-3-5-16(12-14)30-18(21(23,24)25)17(27-28-30)19(31)26-15-8-6-13(7-9-15)20(32)29-10-1-2-11-29/h3-9,12H,1-2,10-11H2,(H,26,31). The van der Waals surface area contributed by atoms with Crippen molar-refractivity contribution in [2.75, 3.05) is 18.4 Å². The molecule has 1 aliphatic rings. The first kappa shape index (κ1) is 21.5. The van der Waals surface area contributed by atoms with Crippen LogP contribution in [0.5, 0.6) is 0 Å². The third-order valence-corrected chi connectivity index (χ3v) is 4.99. The quantitative estimate of drug-likeness (QED) is 0.615. The molecule has 11 heteroatoms. The summed E-state index contributed by atoms with van der Waals surface area (Å²) in [5, 5.41) is 9.12. The van der Waals surface area contributed by atoms with Crippen molar-refractivity contribution in [3.05, 3.63) is 71.3 Å². The second-order valence-electron chi connectivity index (χ2n) is 7.21. The molecule has 3 aromatic rings. The lowest BCUT2D eigenvalue weighted by atomic mass is 10.1. The van der Waals surface area contributed by atoms with Gasteiger partial charge in [-0.15, -0.1) is 5.10 Å². The van der Waals surface area contributed by atoms with E-state index in [0.717, 1.165) is 25.0 Å². The van der Waals surface area contributed by atoms with E-state index in [2.05, 4.69) is 15.6 Å². The first-order chi connectivity index (χ1) is 15.2.